The Morgan fingerprint density at radius 1 is 1.53 bits per heavy atom. The summed E-state index contributed by atoms with van der Waals surface area (Å²) in [6.45, 7) is 6.34. The summed E-state index contributed by atoms with van der Waals surface area (Å²) in [7, 11) is 1.81. The minimum absolute atomic E-state index is 0.0418. The third-order valence-corrected chi connectivity index (χ3v) is 5.65. The predicted molar refractivity (Wildman–Crippen MR) is 84.6 cm³/mol. The maximum absolute atomic E-state index is 6.25. The molecular weight excluding hydrogens is 324 g/mol. The quantitative estimate of drug-likeness (QED) is 0.907. The van der Waals surface area contributed by atoms with Gasteiger partial charge in [-0.05, 0) is 61.3 Å². The topological polar surface area (TPSA) is 38.5 Å². The van der Waals surface area contributed by atoms with Crippen molar-refractivity contribution in [2.75, 3.05) is 20.2 Å². The van der Waals surface area contributed by atoms with Crippen LogP contribution in [0.25, 0.3) is 0 Å². The van der Waals surface area contributed by atoms with Crippen LogP contribution in [0.15, 0.2) is 15.9 Å². The Labute approximate surface area is 128 Å². The number of halogens is 1. The molecule has 5 heteroatoms. The van der Waals surface area contributed by atoms with Gasteiger partial charge in [-0.25, -0.2) is 0 Å². The minimum atomic E-state index is -0.0418. The predicted octanol–water partition coefficient (Wildman–Crippen LogP) is 3.40. The number of thiophene rings is 1. The molecule has 0 spiro atoms. The van der Waals surface area contributed by atoms with Gasteiger partial charge in [-0.3, -0.25) is 4.90 Å². The van der Waals surface area contributed by atoms with Crippen LogP contribution < -0.4 is 5.73 Å². The second-order valence-corrected chi connectivity index (χ2v) is 8.17. The SMILES string of the molecule is COC1(C)CCCN(C(c2ccc(Br)s2)C(C)N)C1. The van der Waals surface area contributed by atoms with Gasteiger partial charge in [0, 0.05) is 24.6 Å². The number of methoxy groups -OCH3 is 1. The molecule has 0 amide bonds. The van der Waals surface area contributed by atoms with Crippen molar-refractivity contribution in [3.8, 4) is 0 Å². The van der Waals surface area contributed by atoms with Crippen LogP contribution in [0, 0.1) is 0 Å². The first-order valence-electron chi connectivity index (χ1n) is 6.75. The van der Waals surface area contributed by atoms with Crippen LogP contribution in [0.1, 0.15) is 37.6 Å². The number of hydrogen-bond donors (Lipinski definition) is 1. The highest BCUT2D eigenvalue weighted by Gasteiger charge is 2.36. The van der Waals surface area contributed by atoms with Gasteiger partial charge in [0.25, 0.3) is 0 Å². The van der Waals surface area contributed by atoms with Crippen molar-refractivity contribution in [2.45, 2.75) is 44.4 Å². The zero-order valence-electron chi connectivity index (χ0n) is 11.9. The highest BCUT2D eigenvalue weighted by atomic mass is 79.9. The summed E-state index contributed by atoms with van der Waals surface area (Å²) in [6, 6.07) is 4.69. The lowest BCUT2D eigenvalue weighted by Crippen LogP contribution is -2.51. The Balaban J connectivity index is 2.20. The van der Waals surface area contributed by atoms with Crippen LogP contribution in [0.2, 0.25) is 0 Å². The Bertz CT molecular complexity index is 423. The summed E-state index contributed by atoms with van der Waals surface area (Å²) in [5.41, 5.74) is 6.21. The number of rotatable bonds is 4. The van der Waals surface area contributed by atoms with Crippen molar-refractivity contribution in [3.05, 3.63) is 20.8 Å². The molecule has 0 saturated carbocycles. The molecule has 3 nitrogen and oxygen atoms in total. The van der Waals surface area contributed by atoms with Crippen molar-refractivity contribution in [2.24, 2.45) is 5.73 Å². The first-order valence-corrected chi connectivity index (χ1v) is 8.36. The number of nitrogens with two attached hydrogens (primary N) is 1. The van der Waals surface area contributed by atoms with E-state index in [-0.39, 0.29) is 17.7 Å². The van der Waals surface area contributed by atoms with Crippen LogP contribution in [0.5, 0.6) is 0 Å². The Kier molecular flexibility index (Phi) is 5.06. The number of ether oxygens (including phenoxy) is 1. The summed E-state index contributed by atoms with van der Waals surface area (Å²) >= 11 is 5.32. The van der Waals surface area contributed by atoms with E-state index in [1.54, 1.807) is 11.3 Å². The molecule has 1 saturated heterocycles. The largest absolute Gasteiger partial charge is 0.377 e. The first kappa shape index (κ1) is 15.4. The van der Waals surface area contributed by atoms with E-state index in [4.69, 9.17) is 10.5 Å². The third kappa shape index (κ3) is 3.58. The number of piperidine rings is 1. The molecule has 1 aliphatic rings. The molecule has 1 aromatic heterocycles. The second-order valence-electron chi connectivity index (χ2n) is 5.67. The van der Waals surface area contributed by atoms with E-state index in [1.165, 1.54) is 15.1 Å². The molecule has 3 unspecified atom stereocenters. The Hall–Kier alpha value is 0.0600. The fourth-order valence-electron chi connectivity index (χ4n) is 2.91. The van der Waals surface area contributed by atoms with Gasteiger partial charge in [-0.15, -0.1) is 11.3 Å². The zero-order valence-corrected chi connectivity index (χ0v) is 14.3. The maximum atomic E-state index is 6.25. The van der Waals surface area contributed by atoms with Gasteiger partial charge in [0.2, 0.25) is 0 Å². The average Bonchev–Trinajstić information content (AvgIpc) is 2.75. The fraction of sp³-hybridized carbons (Fsp3) is 0.714. The molecule has 2 rings (SSSR count). The highest BCUT2D eigenvalue weighted by molar-refractivity contribution is 9.11. The molecule has 2 heterocycles. The summed E-state index contributed by atoms with van der Waals surface area (Å²) in [5.74, 6) is 0. The van der Waals surface area contributed by atoms with E-state index in [0.717, 1.165) is 19.5 Å². The molecule has 0 bridgehead atoms. The first-order chi connectivity index (χ1) is 8.95. The lowest BCUT2D eigenvalue weighted by atomic mass is 9.92. The van der Waals surface area contributed by atoms with Crippen LogP contribution in [0.4, 0.5) is 0 Å². The highest BCUT2D eigenvalue weighted by Crippen LogP contribution is 2.36. The molecule has 108 valence electrons. The number of nitrogens with zero attached hydrogens (tertiary/aromatic N) is 1. The number of hydrogen-bond acceptors (Lipinski definition) is 4. The molecule has 3 atom stereocenters. The van der Waals surface area contributed by atoms with Crippen LogP contribution in [0.3, 0.4) is 0 Å². The van der Waals surface area contributed by atoms with E-state index in [9.17, 15) is 0 Å². The van der Waals surface area contributed by atoms with Crippen molar-refractivity contribution in [1.29, 1.82) is 0 Å². The molecule has 19 heavy (non-hydrogen) atoms. The summed E-state index contributed by atoms with van der Waals surface area (Å²) in [5, 5.41) is 0. The van der Waals surface area contributed by atoms with Gasteiger partial charge >= 0.3 is 0 Å². The lowest BCUT2D eigenvalue weighted by molar-refractivity contribution is -0.0633. The Morgan fingerprint density at radius 3 is 2.79 bits per heavy atom. The van der Waals surface area contributed by atoms with Gasteiger partial charge in [-0.2, -0.15) is 0 Å². The summed E-state index contributed by atoms with van der Waals surface area (Å²) < 4.78 is 6.86. The van der Waals surface area contributed by atoms with Gasteiger partial charge in [-0.1, -0.05) is 0 Å². The van der Waals surface area contributed by atoms with Crippen molar-refractivity contribution in [1.82, 2.24) is 4.90 Å². The summed E-state index contributed by atoms with van der Waals surface area (Å²) in [6.07, 6.45) is 2.29. The number of likely N-dealkylation sites (tertiary alicyclic amines) is 1. The smallest absolute Gasteiger partial charge is 0.0777 e. The third-order valence-electron chi connectivity index (χ3n) is 3.96. The van der Waals surface area contributed by atoms with E-state index >= 15 is 0 Å². The van der Waals surface area contributed by atoms with E-state index in [2.05, 4.69) is 46.8 Å². The van der Waals surface area contributed by atoms with E-state index in [1.807, 2.05) is 7.11 Å². The van der Waals surface area contributed by atoms with Gasteiger partial charge < -0.3 is 10.5 Å². The van der Waals surface area contributed by atoms with Crippen molar-refractivity contribution < 1.29 is 4.74 Å². The molecule has 0 radical (unpaired) electrons. The van der Waals surface area contributed by atoms with E-state index in [0.29, 0.717) is 0 Å². The standard InChI is InChI=1S/C14H23BrN2OS/c1-10(16)13(11-5-6-12(15)19-11)17-8-4-7-14(2,9-17)18-3/h5-6,10,13H,4,7-9,16H2,1-3H3. The molecule has 1 fully saturated rings. The van der Waals surface area contributed by atoms with Crippen molar-refractivity contribution >= 4 is 27.3 Å². The van der Waals surface area contributed by atoms with Crippen molar-refractivity contribution in [3.63, 3.8) is 0 Å². The summed E-state index contributed by atoms with van der Waals surface area (Å²) in [4.78, 5) is 3.82. The van der Waals surface area contributed by atoms with Gasteiger partial charge in [0.05, 0.1) is 15.4 Å². The average molecular weight is 347 g/mol. The van der Waals surface area contributed by atoms with Gasteiger partial charge in [0.15, 0.2) is 0 Å². The zero-order chi connectivity index (χ0) is 14.0. The molecule has 0 aromatic carbocycles. The minimum Gasteiger partial charge on any atom is -0.377 e. The van der Waals surface area contributed by atoms with E-state index < -0.39 is 0 Å². The fourth-order valence-corrected chi connectivity index (χ4v) is 4.58. The second kappa shape index (κ2) is 6.22. The van der Waals surface area contributed by atoms with Gasteiger partial charge in [0.1, 0.15) is 0 Å². The van der Waals surface area contributed by atoms with Crippen LogP contribution in [-0.4, -0.2) is 36.7 Å². The molecule has 0 aliphatic carbocycles. The molecule has 2 N–H and O–H groups in total. The Morgan fingerprint density at radius 2 is 2.26 bits per heavy atom. The molecule has 1 aromatic rings. The normalized spacial score (nSPS) is 28.3. The molecular formula is C14H23BrN2OS. The van der Waals surface area contributed by atoms with Crippen LogP contribution >= 0.6 is 27.3 Å². The monoisotopic (exact) mass is 346 g/mol. The molecule has 1 aliphatic heterocycles. The van der Waals surface area contributed by atoms with Crippen LogP contribution in [-0.2, 0) is 4.74 Å². The maximum Gasteiger partial charge on any atom is 0.0777 e. The lowest BCUT2D eigenvalue weighted by Gasteiger charge is -2.44.